The first-order valence-corrected chi connectivity index (χ1v) is 3.32. The largest absolute Gasteiger partial charge is 0.355 e. The van der Waals surface area contributed by atoms with Crippen LogP contribution in [0, 0.1) is 0 Å². The predicted molar refractivity (Wildman–Crippen MR) is 31.4 cm³/mol. The van der Waals surface area contributed by atoms with Gasteiger partial charge in [-0.15, -0.1) is 11.6 Å². The Morgan fingerprint density at radius 1 is 1.18 bits per heavy atom. The lowest BCUT2D eigenvalue weighted by atomic mass is 10.2. The summed E-state index contributed by atoms with van der Waals surface area (Å²) < 4.78 is 59.6. The van der Waals surface area contributed by atoms with Crippen LogP contribution < -0.4 is 0 Å². The Labute approximate surface area is 69.3 Å². The predicted octanol–water partition coefficient (Wildman–Crippen LogP) is 3.03. The van der Waals surface area contributed by atoms with Crippen LogP contribution in [0.2, 0.25) is 0 Å². The van der Waals surface area contributed by atoms with Gasteiger partial charge in [0.25, 0.3) is 0 Å². The van der Waals surface area contributed by atoms with Crippen LogP contribution in [0.4, 0.5) is 22.0 Å². The van der Waals surface area contributed by atoms with E-state index < -0.39 is 23.4 Å². The summed E-state index contributed by atoms with van der Waals surface area (Å²) in [5.41, 5.74) is -3.43. The van der Waals surface area contributed by atoms with Gasteiger partial charge in [-0.05, 0) is 0 Å². The lowest BCUT2D eigenvalue weighted by Crippen LogP contribution is -2.47. The van der Waals surface area contributed by atoms with Gasteiger partial charge in [0.2, 0.25) is 5.63 Å². The summed E-state index contributed by atoms with van der Waals surface area (Å²) in [7, 11) is 0. The molecule has 0 N–H and O–H groups in total. The van der Waals surface area contributed by atoms with Gasteiger partial charge in [0, 0.05) is 0 Å². The zero-order valence-electron chi connectivity index (χ0n) is 4.93. The van der Waals surface area contributed by atoms with Crippen LogP contribution in [0.3, 0.4) is 0 Å². The summed E-state index contributed by atoms with van der Waals surface area (Å²) in [5, 5.41) is 0. The van der Waals surface area contributed by atoms with Gasteiger partial charge in [-0.25, -0.2) is 4.39 Å². The maximum absolute atomic E-state index is 12.0. The minimum Gasteiger partial charge on any atom is -0.223 e. The highest BCUT2D eigenvalue weighted by Crippen LogP contribution is 2.40. The lowest BCUT2D eigenvalue weighted by Gasteiger charge is -2.24. The van der Waals surface area contributed by atoms with E-state index >= 15 is 0 Å². The topological polar surface area (TPSA) is 0 Å². The second-order valence-electron chi connectivity index (χ2n) is 1.76. The lowest BCUT2D eigenvalue weighted by molar-refractivity contribution is -0.211. The minimum atomic E-state index is -4.92. The molecule has 1 unspecified atom stereocenters. The SMILES string of the molecule is FC(Cl)C(F)(F)C(F)(F)CCl. The molecule has 0 aliphatic carbocycles. The molecule has 11 heavy (non-hydrogen) atoms. The molecule has 0 bridgehead atoms. The van der Waals surface area contributed by atoms with Crippen LogP contribution in [0.5, 0.6) is 0 Å². The molecule has 7 heteroatoms. The summed E-state index contributed by atoms with van der Waals surface area (Å²) in [6, 6.07) is 0. The van der Waals surface area contributed by atoms with Crippen molar-refractivity contribution in [1.82, 2.24) is 0 Å². The van der Waals surface area contributed by atoms with Gasteiger partial charge in [-0.1, -0.05) is 11.6 Å². The van der Waals surface area contributed by atoms with Crippen LogP contribution >= 0.6 is 23.2 Å². The molecule has 0 spiro atoms. The van der Waals surface area contributed by atoms with E-state index in [1.54, 1.807) is 0 Å². The molecule has 0 radical (unpaired) electrons. The second-order valence-corrected chi connectivity index (χ2v) is 2.41. The number of hydrogen-bond donors (Lipinski definition) is 0. The fourth-order valence-electron chi connectivity index (χ4n) is 0.249. The zero-order valence-corrected chi connectivity index (χ0v) is 6.44. The highest BCUT2D eigenvalue weighted by atomic mass is 35.5. The van der Waals surface area contributed by atoms with E-state index in [1.165, 1.54) is 0 Å². The van der Waals surface area contributed by atoms with E-state index in [2.05, 4.69) is 23.2 Å². The van der Waals surface area contributed by atoms with Crippen LogP contribution in [-0.2, 0) is 0 Å². The molecule has 68 valence electrons. The molecular weight excluding hydrogens is 214 g/mol. The fourth-order valence-corrected chi connectivity index (χ4v) is 0.587. The molecular formula is C4H3Cl2F5. The number of alkyl halides is 7. The Bertz CT molecular complexity index is 134. The van der Waals surface area contributed by atoms with E-state index in [9.17, 15) is 22.0 Å². The molecule has 0 fully saturated rings. The third-order valence-electron chi connectivity index (χ3n) is 0.930. The maximum atomic E-state index is 12.0. The van der Waals surface area contributed by atoms with Gasteiger partial charge >= 0.3 is 11.8 Å². The minimum absolute atomic E-state index is 1.67. The first-order valence-electron chi connectivity index (χ1n) is 2.35. The number of rotatable bonds is 3. The van der Waals surface area contributed by atoms with Crippen LogP contribution in [0.1, 0.15) is 0 Å². The molecule has 0 saturated heterocycles. The van der Waals surface area contributed by atoms with Gasteiger partial charge in [-0.2, -0.15) is 17.6 Å². The van der Waals surface area contributed by atoms with Gasteiger partial charge < -0.3 is 0 Å². The van der Waals surface area contributed by atoms with Crippen molar-refractivity contribution in [2.75, 3.05) is 5.88 Å². The Hall–Kier alpha value is 0.230. The summed E-state index contributed by atoms with van der Waals surface area (Å²) in [6.07, 6.45) is 0. The van der Waals surface area contributed by atoms with Crippen molar-refractivity contribution in [2.24, 2.45) is 0 Å². The molecule has 0 heterocycles. The first kappa shape index (κ1) is 11.2. The van der Waals surface area contributed by atoms with Crippen LogP contribution in [-0.4, -0.2) is 23.4 Å². The molecule has 0 aromatic heterocycles. The average molecular weight is 217 g/mol. The highest BCUT2D eigenvalue weighted by Gasteiger charge is 2.61. The van der Waals surface area contributed by atoms with E-state index in [1.807, 2.05) is 0 Å². The van der Waals surface area contributed by atoms with E-state index in [0.717, 1.165) is 0 Å². The fraction of sp³-hybridized carbons (Fsp3) is 1.00. The molecule has 0 amide bonds. The second kappa shape index (κ2) is 3.31. The monoisotopic (exact) mass is 216 g/mol. The molecule has 0 aromatic rings. The molecule has 0 rings (SSSR count). The Morgan fingerprint density at radius 3 is 1.64 bits per heavy atom. The number of halogens is 7. The van der Waals surface area contributed by atoms with Crippen molar-refractivity contribution in [3.05, 3.63) is 0 Å². The summed E-state index contributed by atoms with van der Waals surface area (Å²) in [6.45, 7) is 0. The first-order chi connectivity index (χ1) is 4.75. The van der Waals surface area contributed by atoms with Crippen molar-refractivity contribution in [2.45, 2.75) is 17.5 Å². The van der Waals surface area contributed by atoms with Gasteiger partial charge in [0.15, 0.2) is 0 Å². The van der Waals surface area contributed by atoms with Crippen molar-refractivity contribution in [3.63, 3.8) is 0 Å². The highest BCUT2D eigenvalue weighted by molar-refractivity contribution is 6.21. The van der Waals surface area contributed by atoms with Crippen molar-refractivity contribution in [1.29, 1.82) is 0 Å². The Morgan fingerprint density at radius 2 is 1.55 bits per heavy atom. The summed E-state index contributed by atoms with van der Waals surface area (Å²) in [5.74, 6) is -11.2. The van der Waals surface area contributed by atoms with Crippen molar-refractivity contribution in [3.8, 4) is 0 Å². The molecule has 1 atom stereocenters. The summed E-state index contributed by atoms with van der Waals surface area (Å²) in [4.78, 5) is 0. The normalized spacial score (nSPS) is 16.6. The quantitative estimate of drug-likeness (QED) is 0.503. The smallest absolute Gasteiger partial charge is 0.223 e. The van der Waals surface area contributed by atoms with Gasteiger partial charge in [-0.3, -0.25) is 0 Å². The zero-order chi connectivity index (χ0) is 9.28. The van der Waals surface area contributed by atoms with Gasteiger partial charge in [0.05, 0.1) is 5.88 Å². The van der Waals surface area contributed by atoms with Gasteiger partial charge in [0.1, 0.15) is 0 Å². The van der Waals surface area contributed by atoms with E-state index in [0.29, 0.717) is 0 Å². The van der Waals surface area contributed by atoms with Crippen molar-refractivity contribution < 1.29 is 22.0 Å². The molecule has 0 nitrogen and oxygen atoms in total. The maximum Gasteiger partial charge on any atom is 0.355 e. The Balaban J connectivity index is 4.53. The molecule has 0 saturated carbocycles. The van der Waals surface area contributed by atoms with E-state index in [-0.39, 0.29) is 0 Å². The summed E-state index contributed by atoms with van der Waals surface area (Å²) >= 11 is 8.64. The third-order valence-corrected chi connectivity index (χ3v) is 1.54. The standard InChI is InChI=1S/C4H3Cl2F5/c5-1-3(8,9)4(10,11)2(6)7/h2H,1H2. The van der Waals surface area contributed by atoms with E-state index in [4.69, 9.17) is 0 Å². The Kier molecular flexibility index (Phi) is 3.38. The average Bonchev–Trinajstić information content (AvgIpc) is 1.87. The molecule has 0 aliphatic rings. The van der Waals surface area contributed by atoms with Crippen LogP contribution in [0.25, 0.3) is 0 Å². The third kappa shape index (κ3) is 2.08. The van der Waals surface area contributed by atoms with Crippen molar-refractivity contribution >= 4 is 23.2 Å². The van der Waals surface area contributed by atoms with Crippen LogP contribution in [0.15, 0.2) is 0 Å². The molecule has 0 aliphatic heterocycles. The number of hydrogen-bond acceptors (Lipinski definition) is 0. The molecule has 0 aromatic carbocycles.